The topological polar surface area (TPSA) is 84.5 Å². The maximum atomic E-state index is 12.2. The fraction of sp³-hybridized carbons (Fsp3) is 0.833. The Balaban J connectivity index is 2.30. The Morgan fingerprint density at radius 2 is 1.80 bits per heavy atom. The SMILES string of the molecule is CC(C)(C)OC(=O)NCCCCC(NC(=O)C1CCCC1)C(=O)CBr. The van der Waals surface area contributed by atoms with Crippen molar-refractivity contribution in [3.05, 3.63) is 0 Å². The van der Waals surface area contributed by atoms with Gasteiger partial charge in [-0.05, 0) is 52.9 Å². The Hall–Kier alpha value is -1.11. The van der Waals surface area contributed by atoms with Gasteiger partial charge >= 0.3 is 6.09 Å². The van der Waals surface area contributed by atoms with Gasteiger partial charge in [0.1, 0.15) is 5.60 Å². The third kappa shape index (κ3) is 9.23. The first-order chi connectivity index (χ1) is 11.7. The van der Waals surface area contributed by atoms with E-state index in [0.717, 1.165) is 38.5 Å². The van der Waals surface area contributed by atoms with E-state index in [9.17, 15) is 14.4 Å². The van der Waals surface area contributed by atoms with Crippen molar-refractivity contribution in [3.8, 4) is 0 Å². The van der Waals surface area contributed by atoms with Gasteiger partial charge in [-0.2, -0.15) is 0 Å². The van der Waals surface area contributed by atoms with Crippen molar-refractivity contribution in [3.63, 3.8) is 0 Å². The normalized spacial score (nSPS) is 16.3. The molecule has 1 saturated carbocycles. The standard InChI is InChI=1S/C18H31BrN2O4/c1-18(2,3)25-17(24)20-11-7-6-10-14(15(22)12-19)21-16(23)13-8-4-5-9-13/h13-14H,4-12H2,1-3H3,(H,20,24)(H,21,23). The number of unbranched alkanes of at least 4 members (excludes halogenated alkanes) is 1. The van der Waals surface area contributed by atoms with Crippen molar-refractivity contribution >= 4 is 33.7 Å². The summed E-state index contributed by atoms with van der Waals surface area (Å²) in [7, 11) is 0. The van der Waals surface area contributed by atoms with Crippen molar-refractivity contribution in [2.75, 3.05) is 11.9 Å². The summed E-state index contributed by atoms with van der Waals surface area (Å²) in [6.45, 7) is 5.93. The van der Waals surface area contributed by atoms with Crippen LogP contribution in [0.25, 0.3) is 0 Å². The first kappa shape index (κ1) is 21.9. The van der Waals surface area contributed by atoms with Gasteiger partial charge in [-0.3, -0.25) is 9.59 Å². The van der Waals surface area contributed by atoms with E-state index in [4.69, 9.17) is 4.74 Å². The summed E-state index contributed by atoms with van der Waals surface area (Å²) in [6, 6.07) is -0.450. The van der Waals surface area contributed by atoms with Crippen LogP contribution >= 0.6 is 15.9 Å². The molecule has 1 atom stereocenters. The Morgan fingerprint density at radius 3 is 2.36 bits per heavy atom. The van der Waals surface area contributed by atoms with E-state index in [1.54, 1.807) is 0 Å². The second-order valence-electron chi connectivity index (χ2n) is 7.57. The molecule has 1 aliphatic carbocycles. The van der Waals surface area contributed by atoms with Crippen molar-refractivity contribution in [2.45, 2.75) is 77.4 Å². The number of amides is 2. The van der Waals surface area contributed by atoms with E-state index in [-0.39, 0.29) is 22.9 Å². The van der Waals surface area contributed by atoms with E-state index in [2.05, 4.69) is 26.6 Å². The maximum absolute atomic E-state index is 12.2. The first-order valence-corrected chi connectivity index (χ1v) is 10.2. The smallest absolute Gasteiger partial charge is 0.407 e. The first-order valence-electron chi connectivity index (χ1n) is 9.09. The van der Waals surface area contributed by atoms with Gasteiger partial charge in [0.05, 0.1) is 11.4 Å². The molecule has 7 heteroatoms. The number of Topliss-reactive ketones (excluding diaryl/α,β-unsaturated/α-hetero) is 1. The zero-order chi connectivity index (χ0) is 18.9. The number of alkyl halides is 1. The molecule has 6 nitrogen and oxygen atoms in total. The fourth-order valence-corrected chi connectivity index (χ4v) is 3.25. The number of halogens is 1. The van der Waals surface area contributed by atoms with Gasteiger partial charge in [0.25, 0.3) is 0 Å². The third-order valence-corrected chi connectivity index (χ3v) is 4.70. The monoisotopic (exact) mass is 418 g/mol. The molecule has 0 bridgehead atoms. The number of carbonyl (C=O) groups is 3. The molecule has 144 valence electrons. The highest BCUT2D eigenvalue weighted by Crippen LogP contribution is 2.25. The van der Waals surface area contributed by atoms with Crippen LogP contribution in [-0.2, 0) is 14.3 Å². The minimum atomic E-state index is -0.512. The molecule has 2 amide bonds. The molecule has 0 aromatic rings. The highest BCUT2D eigenvalue weighted by molar-refractivity contribution is 9.09. The molecule has 1 unspecified atom stereocenters. The lowest BCUT2D eigenvalue weighted by atomic mass is 10.0. The highest BCUT2D eigenvalue weighted by Gasteiger charge is 2.26. The molecule has 0 radical (unpaired) electrons. The minimum Gasteiger partial charge on any atom is -0.444 e. The Labute approximate surface area is 159 Å². The summed E-state index contributed by atoms with van der Waals surface area (Å²) < 4.78 is 5.16. The Kier molecular flexibility index (Phi) is 9.46. The minimum absolute atomic E-state index is 0.00341. The van der Waals surface area contributed by atoms with E-state index in [1.807, 2.05) is 20.8 Å². The van der Waals surface area contributed by atoms with Gasteiger partial charge < -0.3 is 15.4 Å². The molecule has 0 saturated heterocycles. The lowest BCUT2D eigenvalue weighted by Crippen LogP contribution is -2.43. The lowest BCUT2D eigenvalue weighted by Gasteiger charge is -2.20. The van der Waals surface area contributed by atoms with Crippen LogP contribution in [0, 0.1) is 5.92 Å². The van der Waals surface area contributed by atoms with Crippen molar-refractivity contribution in [2.24, 2.45) is 5.92 Å². The lowest BCUT2D eigenvalue weighted by molar-refractivity contribution is -0.129. The molecular formula is C18H31BrN2O4. The molecular weight excluding hydrogens is 388 g/mol. The number of hydrogen-bond donors (Lipinski definition) is 2. The number of nitrogens with one attached hydrogen (secondary N) is 2. The number of carbonyl (C=O) groups excluding carboxylic acids is 3. The predicted molar refractivity (Wildman–Crippen MR) is 101 cm³/mol. The quantitative estimate of drug-likeness (QED) is 0.444. The highest BCUT2D eigenvalue weighted by atomic mass is 79.9. The van der Waals surface area contributed by atoms with E-state index < -0.39 is 17.7 Å². The fourth-order valence-electron chi connectivity index (χ4n) is 2.86. The largest absolute Gasteiger partial charge is 0.444 e. The average Bonchev–Trinajstić information content (AvgIpc) is 3.05. The Morgan fingerprint density at radius 1 is 1.16 bits per heavy atom. The molecule has 0 spiro atoms. The summed E-state index contributed by atoms with van der Waals surface area (Å²) in [4.78, 5) is 35.8. The van der Waals surface area contributed by atoms with Crippen LogP contribution in [0.4, 0.5) is 4.79 Å². The van der Waals surface area contributed by atoms with E-state index >= 15 is 0 Å². The van der Waals surface area contributed by atoms with Gasteiger partial charge in [0, 0.05) is 12.5 Å². The van der Waals surface area contributed by atoms with Crippen LogP contribution in [0.1, 0.15) is 65.7 Å². The second kappa shape index (κ2) is 10.8. The van der Waals surface area contributed by atoms with Crippen molar-refractivity contribution < 1.29 is 19.1 Å². The zero-order valence-electron chi connectivity index (χ0n) is 15.5. The van der Waals surface area contributed by atoms with Crippen LogP contribution < -0.4 is 10.6 Å². The number of rotatable bonds is 9. The van der Waals surface area contributed by atoms with Crippen molar-refractivity contribution in [1.82, 2.24) is 10.6 Å². The van der Waals surface area contributed by atoms with Crippen molar-refractivity contribution in [1.29, 1.82) is 0 Å². The number of ether oxygens (including phenoxy) is 1. The third-order valence-electron chi connectivity index (χ3n) is 4.15. The van der Waals surface area contributed by atoms with Gasteiger partial charge in [-0.15, -0.1) is 0 Å². The molecule has 1 aliphatic rings. The zero-order valence-corrected chi connectivity index (χ0v) is 17.1. The van der Waals surface area contributed by atoms with Gasteiger partial charge in [0.2, 0.25) is 5.91 Å². The van der Waals surface area contributed by atoms with Crippen LogP contribution in [0.15, 0.2) is 0 Å². The Bertz CT molecular complexity index is 456. The number of hydrogen-bond acceptors (Lipinski definition) is 4. The van der Waals surface area contributed by atoms with E-state index in [0.29, 0.717) is 13.0 Å². The number of ketones is 1. The van der Waals surface area contributed by atoms with Gasteiger partial charge in [-0.1, -0.05) is 28.8 Å². The molecule has 0 aromatic carbocycles. The maximum Gasteiger partial charge on any atom is 0.407 e. The molecule has 1 fully saturated rings. The average molecular weight is 419 g/mol. The summed E-state index contributed by atoms with van der Waals surface area (Å²) in [5, 5.41) is 5.84. The summed E-state index contributed by atoms with van der Waals surface area (Å²) in [6.07, 6.45) is 5.63. The van der Waals surface area contributed by atoms with Gasteiger partial charge in [-0.25, -0.2) is 4.79 Å². The molecule has 0 heterocycles. The summed E-state index contributed by atoms with van der Waals surface area (Å²) in [5.41, 5.74) is -0.512. The van der Waals surface area contributed by atoms with E-state index in [1.165, 1.54) is 0 Å². The second-order valence-corrected chi connectivity index (χ2v) is 8.13. The van der Waals surface area contributed by atoms with Crippen LogP contribution in [-0.4, -0.2) is 41.3 Å². The molecule has 0 aliphatic heterocycles. The number of alkyl carbamates (subject to hydrolysis) is 1. The van der Waals surface area contributed by atoms with Crippen LogP contribution in [0.3, 0.4) is 0 Å². The van der Waals surface area contributed by atoms with Crippen LogP contribution in [0.2, 0.25) is 0 Å². The predicted octanol–water partition coefficient (Wildman–Crippen LogP) is 3.32. The molecule has 2 N–H and O–H groups in total. The summed E-state index contributed by atoms with van der Waals surface area (Å²) in [5.74, 6) is 0.0505. The van der Waals surface area contributed by atoms with Gasteiger partial charge in [0.15, 0.2) is 5.78 Å². The van der Waals surface area contributed by atoms with Crippen LogP contribution in [0.5, 0.6) is 0 Å². The molecule has 25 heavy (non-hydrogen) atoms. The molecule has 0 aromatic heterocycles. The molecule has 1 rings (SSSR count). The summed E-state index contributed by atoms with van der Waals surface area (Å²) >= 11 is 3.18.